The Morgan fingerprint density at radius 1 is 1.22 bits per heavy atom. The van der Waals surface area contributed by atoms with Crippen molar-refractivity contribution in [1.82, 2.24) is 0 Å². The van der Waals surface area contributed by atoms with E-state index < -0.39 is 36.3 Å². The van der Waals surface area contributed by atoms with Crippen LogP contribution in [0.25, 0.3) is 0 Å². The lowest BCUT2D eigenvalue weighted by Gasteiger charge is -2.14. The van der Waals surface area contributed by atoms with Gasteiger partial charge in [0.2, 0.25) is 0 Å². The Morgan fingerprint density at radius 3 is 2.59 bits per heavy atom. The lowest BCUT2D eigenvalue weighted by molar-refractivity contribution is -0.155. The average Bonchev–Trinajstić information content (AvgIpc) is 2.63. The van der Waals surface area contributed by atoms with Crippen molar-refractivity contribution in [2.24, 2.45) is 5.73 Å². The smallest absolute Gasteiger partial charge is 0.344 e. The molecular weight excluding hydrogens is 379 g/mol. The number of halogens is 2. The number of anilines is 1. The van der Waals surface area contributed by atoms with Crippen molar-refractivity contribution in [3.05, 3.63) is 58.9 Å². The SMILES string of the molecule is C[C@H](OC(=O)COc1ccccc1C(N)=O)C(=O)Nc1ccc(F)c(Cl)c1. The number of nitrogens with two attached hydrogens (primary N) is 1. The van der Waals surface area contributed by atoms with Gasteiger partial charge in [0.25, 0.3) is 11.8 Å². The number of amides is 2. The number of hydrogen-bond acceptors (Lipinski definition) is 5. The lowest BCUT2D eigenvalue weighted by Crippen LogP contribution is -2.31. The molecule has 0 aromatic heterocycles. The van der Waals surface area contributed by atoms with Crippen LogP contribution in [0, 0.1) is 5.82 Å². The zero-order valence-corrected chi connectivity index (χ0v) is 15.0. The van der Waals surface area contributed by atoms with E-state index in [0.29, 0.717) is 0 Å². The second kappa shape index (κ2) is 9.00. The molecule has 0 heterocycles. The second-order valence-corrected chi connectivity index (χ2v) is 5.81. The molecule has 0 saturated carbocycles. The third-order valence-corrected chi connectivity index (χ3v) is 3.65. The Kier molecular flexibility index (Phi) is 6.73. The van der Waals surface area contributed by atoms with Gasteiger partial charge in [0.15, 0.2) is 12.7 Å². The molecule has 3 N–H and O–H groups in total. The zero-order chi connectivity index (χ0) is 20.0. The molecule has 2 rings (SSSR count). The number of carbonyl (C=O) groups is 3. The van der Waals surface area contributed by atoms with Gasteiger partial charge in [-0.1, -0.05) is 23.7 Å². The number of rotatable bonds is 7. The largest absolute Gasteiger partial charge is 0.481 e. The van der Waals surface area contributed by atoms with E-state index in [9.17, 15) is 18.8 Å². The van der Waals surface area contributed by atoms with Crippen LogP contribution in [0.2, 0.25) is 5.02 Å². The Hall–Kier alpha value is -3.13. The summed E-state index contributed by atoms with van der Waals surface area (Å²) in [6, 6.07) is 9.77. The molecule has 0 aliphatic rings. The van der Waals surface area contributed by atoms with Crippen LogP contribution < -0.4 is 15.8 Å². The average molecular weight is 395 g/mol. The molecule has 9 heteroatoms. The summed E-state index contributed by atoms with van der Waals surface area (Å²) >= 11 is 5.63. The van der Waals surface area contributed by atoms with Crippen molar-refractivity contribution in [2.45, 2.75) is 13.0 Å². The number of primary amides is 1. The molecule has 0 unspecified atom stereocenters. The molecule has 27 heavy (non-hydrogen) atoms. The minimum Gasteiger partial charge on any atom is -0.481 e. The van der Waals surface area contributed by atoms with Crippen LogP contribution in [0.5, 0.6) is 5.75 Å². The summed E-state index contributed by atoms with van der Waals surface area (Å²) in [5, 5.41) is 2.29. The quantitative estimate of drug-likeness (QED) is 0.701. The van der Waals surface area contributed by atoms with E-state index in [1.54, 1.807) is 12.1 Å². The van der Waals surface area contributed by atoms with Crippen molar-refractivity contribution in [2.75, 3.05) is 11.9 Å². The van der Waals surface area contributed by atoms with Gasteiger partial charge < -0.3 is 20.5 Å². The maximum atomic E-state index is 13.1. The standard InChI is InChI=1S/C18H16ClFN2O5/c1-10(18(25)22-11-6-7-14(20)13(19)8-11)27-16(23)9-26-15-5-3-2-4-12(15)17(21)24/h2-8,10H,9H2,1H3,(H2,21,24)(H,22,25)/t10-/m0/s1. The Bertz CT molecular complexity index is 875. The lowest BCUT2D eigenvalue weighted by atomic mass is 10.2. The first-order chi connectivity index (χ1) is 12.8. The molecule has 0 saturated heterocycles. The minimum atomic E-state index is -1.14. The highest BCUT2D eigenvalue weighted by atomic mass is 35.5. The molecule has 7 nitrogen and oxygen atoms in total. The number of ether oxygens (including phenoxy) is 2. The van der Waals surface area contributed by atoms with Gasteiger partial charge in [-0.05, 0) is 37.3 Å². The van der Waals surface area contributed by atoms with E-state index in [0.717, 1.165) is 6.07 Å². The summed E-state index contributed by atoms with van der Waals surface area (Å²) in [7, 11) is 0. The molecule has 0 spiro atoms. The third-order valence-electron chi connectivity index (χ3n) is 3.36. The fourth-order valence-electron chi connectivity index (χ4n) is 2.04. The van der Waals surface area contributed by atoms with Crippen LogP contribution in [-0.2, 0) is 14.3 Å². The number of hydrogen-bond donors (Lipinski definition) is 2. The van der Waals surface area contributed by atoms with Crippen LogP contribution in [0.15, 0.2) is 42.5 Å². The fourth-order valence-corrected chi connectivity index (χ4v) is 2.22. The second-order valence-electron chi connectivity index (χ2n) is 5.40. The first-order valence-electron chi connectivity index (χ1n) is 7.75. The van der Waals surface area contributed by atoms with Crippen molar-refractivity contribution < 1.29 is 28.2 Å². The summed E-state index contributed by atoms with van der Waals surface area (Å²) in [4.78, 5) is 35.2. The minimum absolute atomic E-state index is 0.115. The highest BCUT2D eigenvalue weighted by Crippen LogP contribution is 2.20. The summed E-state index contributed by atoms with van der Waals surface area (Å²) < 4.78 is 23.3. The van der Waals surface area contributed by atoms with E-state index >= 15 is 0 Å². The van der Waals surface area contributed by atoms with E-state index in [1.807, 2.05) is 0 Å². The van der Waals surface area contributed by atoms with Crippen LogP contribution in [-0.4, -0.2) is 30.5 Å². The van der Waals surface area contributed by atoms with E-state index in [2.05, 4.69) is 5.32 Å². The highest BCUT2D eigenvalue weighted by Gasteiger charge is 2.19. The van der Waals surface area contributed by atoms with Crippen LogP contribution in [0.3, 0.4) is 0 Å². The van der Waals surface area contributed by atoms with Gasteiger partial charge in [0.1, 0.15) is 11.6 Å². The molecule has 1 atom stereocenters. The number of nitrogens with one attached hydrogen (secondary N) is 1. The first-order valence-corrected chi connectivity index (χ1v) is 8.12. The normalized spacial score (nSPS) is 11.4. The Morgan fingerprint density at radius 2 is 1.93 bits per heavy atom. The van der Waals surface area contributed by atoms with Crippen molar-refractivity contribution >= 4 is 35.1 Å². The van der Waals surface area contributed by atoms with E-state index in [-0.39, 0.29) is 22.0 Å². The monoisotopic (exact) mass is 394 g/mol. The van der Waals surface area contributed by atoms with Crippen LogP contribution in [0.1, 0.15) is 17.3 Å². The number of benzene rings is 2. The third kappa shape index (κ3) is 5.68. The predicted octanol–water partition coefficient (Wildman–Crippen LogP) is 2.53. The molecule has 0 fully saturated rings. The summed E-state index contributed by atoms with van der Waals surface area (Å²) in [6.45, 7) is 0.833. The van der Waals surface area contributed by atoms with Gasteiger partial charge in [-0.25, -0.2) is 9.18 Å². The topological polar surface area (TPSA) is 108 Å². The molecule has 2 aromatic rings. The molecule has 0 aliphatic heterocycles. The number of para-hydroxylation sites is 1. The maximum absolute atomic E-state index is 13.1. The Balaban J connectivity index is 1.88. The maximum Gasteiger partial charge on any atom is 0.344 e. The predicted molar refractivity (Wildman–Crippen MR) is 96.0 cm³/mol. The molecule has 2 amide bonds. The van der Waals surface area contributed by atoms with Gasteiger partial charge in [0, 0.05) is 5.69 Å². The first kappa shape index (κ1) is 20.2. The zero-order valence-electron chi connectivity index (χ0n) is 14.2. The highest BCUT2D eigenvalue weighted by molar-refractivity contribution is 6.31. The number of carbonyl (C=O) groups excluding carboxylic acids is 3. The number of esters is 1. The summed E-state index contributed by atoms with van der Waals surface area (Å²) in [6.07, 6.45) is -1.14. The summed E-state index contributed by atoms with van der Waals surface area (Å²) in [5.41, 5.74) is 5.58. The van der Waals surface area contributed by atoms with Gasteiger partial charge in [0.05, 0.1) is 10.6 Å². The Labute approximate surface area is 159 Å². The van der Waals surface area contributed by atoms with Gasteiger partial charge in [-0.15, -0.1) is 0 Å². The van der Waals surface area contributed by atoms with Crippen molar-refractivity contribution in [3.8, 4) is 5.75 Å². The van der Waals surface area contributed by atoms with Gasteiger partial charge in [-0.3, -0.25) is 9.59 Å². The van der Waals surface area contributed by atoms with E-state index in [4.69, 9.17) is 26.8 Å². The van der Waals surface area contributed by atoms with Crippen LogP contribution in [0.4, 0.5) is 10.1 Å². The molecule has 0 bridgehead atoms. The molecule has 142 valence electrons. The molecule has 2 aromatic carbocycles. The van der Waals surface area contributed by atoms with Gasteiger partial charge in [-0.2, -0.15) is 0 Å². The van der Waals surface area contributed by atoms with E-state index in [1.165, 1.54) is 31.2 Å². The van der Waals surface area contributed by atoms with Gasteiger partial charge >= 0.3 is 5.97 Å². The molecular formula is C18H16ClFN2O5. The summed E-state index contributed by atoms with van der Waals surface area (Å²) in [5.74, 6) is -2.66. The molecule has 0 radical (unpaired) electrons. The fraction of sp³-hybridized carbons (Fsp3) is 0.167. The van der Waals surface area contributed by atoms with Crippen LogP contribution >= 0.6 is 11.6 Å². The van der Waals surface area contributed by atoms with Crippen molar-refractivity contribution in [3.63, 3.8) is 0 Å². The molecule has 0 aliphatic carbocycles. The van der Waals surface area contributed by atoms with Crippen molar-refractivity contribution in [1.29, 1.82) is 0 Å².